The number of rotatable bonds is 1. The van der Waals surface area contributed by atoms with E-state index in [2.05, 4.69) is 0 Å². The number of fused-ring (bicyclic) bond motifs is 1. The van der Waals surface area contributed by atoms with Gasteiger partial charge in [0.2, 0.25) is 0 Å². The van der Waals surface area contributed by atoms with Gasteiger partial charge >= 0.3 is 0 Å². The second-order valence-electron chi connectivity index (χ2n) is 3.08. The van der Waals surface area contributed by atoms with Gasteiger partial charge in [0.25, 0.3) is 11.8 Å². The molecule has 1 heterocycles. The normalized spacial score (nSPS) is 14.9. The quantitative estimate of drug-likeness (QED) is 0.625. The van der Waals surface area contributed by atoms with Crippen LogP contribution in [0.15, 0.2) is 18.2 Å². The van der Waals surface area contributed by atoms with Gasteiger partial charge in [0, 0.05) is 0 Å². The Morgan fingerprint density at radius 2 is 1.93 bits per heavy atom. The highest BCUT2D eigenvalue weighted by molar-refractivity contribution is 6.21. The van der Waals surface area contributed by atoms with Crippen molar-refractivity contribution in [3.05, 3.63) is 34.9 Å². The lowest BCUT2D eigenvalue weighted by Crippen LogP contribution is -2.28. The summed E-state index contributed by atoms with van der Waals surface area (Å²) in [6.07, 6.45) is 0. The molecular weight excluding hydrogens is 182 g/mol. The molecule has 0 spiro atoms. The van der Waals surface area contributed by atoms with Crippen molar-refractivity contribution < 1.29 is 14.4 Å². The van der Waals surface area contributed by atoms with Crippen molar-refractivity contribution in [3.8, 4) is 0 Å². The number of carbonyl (C=O) groups is 2. The van der Waals surface area contributed by atoms with Crippen LogP contribution in [0.2, 0.25) is 0 Å². The van der Waals surface area contributed by atoms with Crippen LogP contribution in [0.25, 0.3) is 0 Å². The molecule has 14 heavy (non-hydrogen) atoms. The lowest BCUT2D eigenvalue weighted by molar-refractivity contribution is -0.0645. The van der Waals surface area contributed by atoms with E-state index in [9.17, 15) is 9.59 Å². The Hall–Kier alpha value is -1.68. The van der Waals surface area contributed by atoms with Crippen LogP contribution in [0, 0.1) is 6.92 Å². The number of hydroxylamine groups is 2. The van der Waals surface area contributed by atoms with Crippen LogP contribution in [0.5, 0.6) is 0 Å². The molecule has 1 aliphatic rings. The van der Waals surface area contributed by atoms with Crippen LogP contribution in [0.4, 0.5) is 0 Å². The molecule has 72 valence electrons. The average molecular weight is 191 g/mol. The third-order valence-electron chi connectivity index (χ3n) is 2.27. The second kappa shape index (κ2) is 2.92. The molecule has 0 saturated carbocycles. The molecule has 1 aromatic carbocycles. The summed E-state index contributed by atoms with van der Waals surface area (Å²) >= 11 is 0. The van der Waals surface area contributed by atoms with Gasteiger partial charge in [-0.3, -0.25) is 14.4 Å². The third-order valence-corrected chi connectivity index (χ3v) is 2.27. The van der Waals surface area contributed by atoms with Crippen molar-refractivity contribution in [2.75, 3.05) is 7.11 Å². The fourth-order valence-electron chi connectivity index (χ4n) is 1.60. The van der Waals surface area contributed by atoms with E-state index in [1.807, 2.05) is 0 Å². The number of aryl methyl sites for hydroxylation is 1. The molecule has 0 radical (unpaired) electrons. The van der Waals surface area contributed by atoms with Gasteiger partial charge in [-0.2, -0.15) is 0 Å². The number of carbonyl (C=O) groups excluding carboxylic acids is 2. The molecule has 2 amide bonds. The van der Waals surface area contributed by atoms with Crippen molar-refractivity contribution in [2.45, 2.75) is 6.92 Å². The number of amides is 2. The zero-order valence-corrected chi connectivity index (χ0v) is 7.90. The van der Waals surface area contributed by atoms with Crippen molar-refractivity contribution in [3.63, 3.8) is 0 Å². The van der Waals surface area contributed by atoms with Crippen LogP contribution < -0.4 is 0 Å². The van der Waals surface area contributed by atoms with Crippen molar-refractivity contribution in [1.82, 2.24) is 5.06 Å². The lowest BCUT2D eigenvalue weighted by Gasteiger charge is -2.08. The summed E-state index contributed by atoms with van der Waals surface area (Å²) in [6.45, 7) is 1.79. The maximum Gasteiger partial charge on any atom is 0.286 e. The van der Waals surface area contributed by atoms with E-state index >= 15 is 0 Å². The molecule has 4 heteroatoms. The van der Waals surface area contributed by atoms with Gasteiger partial charge in [0.05, 0.1) is 18.2 Å². The summed E-state index contributed by atoms with van der Waals surface area (Å²) < 4.78 is 0. The van der Waals surface area contributed by atoms with Gasteiger partial charge in [-0.05, 0) is 18.6 Å². The van der Waals surface area contributed by atoms with E-state index in [0.29, 0.717) is 11.1 Å². The smallest absolute Gasteiger partial charge is 0.266 e. The molecule has 0 unspecified atom stereocenters. The van der Waals surface area contributed by atoms with Gasteiger partial charge in [-0.25, -0.2) is 0 Å². The molecule has 0 atom stereocenters. The summed E-state index contributed by atoms with van der Waals surface area (Å²) in [6, 6.07) is 5.17. The molecule has 0 aliphatic carbocycles. The molecule has 0 fully saturated rings. The van der Waals surface area contributed by atoms with Crippen LogP contribution >= 0.6 is 0 Å². The first-order valence-electron chi connectivity index (χ1n) is 4.19. The Balaban J connectivity index is 2.64. The largest absolute Gasteiger partial charge is 0.286 e. The van der Waals surface area contributed by atoms with Gasteiger partial charge in [0.15, 0.2) is 0 Å². The highest BCUT2D eigenvalue weighted by Crippen LogP contribution is 2.25. The summed E-state index contributed by atoms with van der Waals surface area (Å²) in [7, 11) is 1.30. The van der Waals surface area contributed by atoms with E-state index in [1.165, 1.54) is 7.11 Å². The van der Waals surface area contributed by atoms with Gasteiger partial charge < -0.3 is 0 Å². The Bertz CT molecular complexity index is 425. The van der Waals surface area contributed by atoms with E-state index in [4.69, 9.17) is 4.84 Å². The predicted octanol–water partition coefficient (Wildman–Crippen LogP) is 1.15. The van der Waals surface area contributed by atoms with Crippen LogP contribution in [-0.4, -0.2) is 24.0 Å². The van der Waals surface area contributed by atoms with Crippen LogP contribution in [0.1, 0.15) is 26.3 Å². The van der Waals surface area contributed by atoms with E-state index in [0.717, 1.165) is 10.6 Å². The molecule has 1 aliphatic heterocycles. The minimum Gasteiger partial charge on any atom is -0.266 e. The van der Waals surface area contributed by atoms with Gasteiger partial charge in [-0.1, -0.05) is 12.1 Å². The Labute approximate surface area is 81.0 Å². The highest BCUT2D eigenvalue weighted by atomic mass is 16.7. The highest BCUT2D eigenvalue weighted by Gasteiger charge is 2.37. The fraction of sp³-hybridized carbons (Fsp3) is 0.200. The van der Waals surface area contributed by atoms with Gasteiger partial charge in [-0.15, -0.1) is 5.06 Å². The first kappa shape index (κ1) is 8.90. The monoisotopic (exact) mass is 191 g/mol. The third kappa shape index (κ3) is 0.975. The molecule has 2 rings (SSSR count). The zero-order valence-electron chi connectivity index (χ0n) is 7.90. The minimum atomic E-state index is -0.392. The lowest BCUT2D eigenvalue weighted by atomic mass is 10.0. The van der Waals surface area contributed by atoms with Crippen LogP contribution in [-0.2, 0) is 4.84 Å². The number of benzene rings is 1. The van der Waals surface area contributed by atoms with Crippen molar-refractivity contribution in [1.29, 1.82) is 0 Å². The average Bonchev–Trinajstić information content (AvgIpc) is 2.41. The van der Waals surface area contributed by atoms with Crippen LogP contribution in [0.3, 0.4) is 0 Å². The number of hydrogen-bond donors (Lipinski definition) is 0. The van der Waals surface area contributed by atoms with E-state index in [-0.39, 0.29) is 5.91 Å². The first-order chi connectivity index (χ1) is 6.66. The number of hydrogen-bond acceptors (Lipinski definition) is 3. The summed E-state index contributed by atoms with van der Waals surface area (Å²) in [4.78, 5) is 27.9. The topological polar surface area (TPSA) is 46.6 Å². The molecule has 0 saturated heterocycles. The molecular formula is C10H9NO3. The minimum absolute atomic E-state index is 0.384. The Morgan fingerprint density at radius 3 is 2.50 bits per heavy atom. The number of imide groups is 1. The molecule has 4 nitrogen and oxygen atoms in total. The van der Waals surface area contributed by atoms with Crippen molar-refractivity contribution in [2.24, 2.45) is 0 Å². The molecule has 0 aromatic heterocycles. The van der Waals surface area contributed by atoms with Crippen molar-refractivity contribution >= 4 is 11.8 Å². The summed E-state index contributed by atoms with van der Waals surface area (Å²) in [5.74, 6) is -0.776. The zero-order chi connectivity index (χ0) is 10.3. The maximum atomic E-state index is 11.6. The maximum absolute atomic E-state index is 11.6. The fourth-order valence-corrected chi connectivity index (χ4v) is 1.60. The Morgan fingerprint density at radius 1 is 1.21 bits per heavy atom. The Kier molecular flexibility index (Phi) is 1.86. The molecule has 1 aromatic rings. The molecule has 0 bridgehead atoms. The summed E-state index contributed by atoms with van der Waals surface area (Å²) in [5, 5.41) is 0.775. The number of nitrogens with zero attached hydrogens (tertiary/aromatic N) is 1. The standard InChI is InChI=1S/C10H9NO3/c1-6-4-3-5-7-8(6)10(13)11(14-2)9(7)12/h3-5H,1-2H3. The second-order valence-corrected chi connectivity index (χ2v) is 3.08. The van der Waals surface area contributed by atoms with Gasteiger partial charge in [0.1, 0.15) is 0 Å². The van der Waals surface area contributed by atoms with E-state index < -0.39 is 5.91 Å². The molecule has 0 N–H and O–H groups in total. The first-order valence-corrected chi connectivity index (χ1v) is 4.19. The van der Waals surface area contributed by atoms with E-state index in [1.54, 1.807) is 25.1 Å². The SMILES string of the molecule is CON1C(=O)c2cccc(C)c2C1=O. The predicted molar refractivity (Wildman–Crippen MR) is 48.7 cm³/mol. The summed E-state index contributed by atoms with van der Waals surface area (Å²) in [5.41, 5.74) is 1.65.